The highest BCUT2D eigenvalue weighted by Gasteiger charge is 2.13. The maximum absolute atomic E-state index is 6.53. The zero-order valence-electron chi connectivity index (χ0n) is 10.6. The third kappa shape index (κ3) is 2.88. The van der Waals surface area contributed by atoms with E-state index in [0.717, 1.165) is 22.6 Å². The van der Waals surface area contributed by atoms with Crippen LogP contribution in [-0.4, -0.2) is 0 Å². The lowest BCUT2D eigenvalue weighted by atomic mass is 9.97. The molecule has 2 rings (SSSR count). The first kappa shape index (κ1) is 13.5. The van der Waals surface area contributed by atoms with Crippen molar-refractivity contribution in [3.8, 4) is 0 Å². The van der Waals surface area contributed by atoms with Crippen LogP contribution in [0.4, 0.5) is 0 Å². The van der Waals surface area contributed by atoms with E-state index in [1.54, 1.807) is 0 Å². The van der Waals surface area contributed by atoms with Crippen LogP contribution in [0, 0.1) is 13.8 Å². The fourth-order valence-corrected chi connectivity index (χ4v) is 2.69. The van der Waals surface area contributed by atoms with Gasteiger partial charge in [0.05, 0.1) is 5.38 Å². The highest BCUT2D eigenvalue weighted by molar-refractivity contribution is 6.31. The summed E-state index contributed by atoms with van der Waals surface area (Å²) in [5.41, 5.74) is 4.76. The Balaban J connectivity index is 2.25. The average molecular weight is 279 g/mol. The molecule has 18 heavy (non-hydrogen) atoms. The summed E-state index contributed by atoms with van der Waals surface area (Å²) < 4.78 is 0. The predicted molar refractivity (Wildman–Crippen MR) is 79.7 cm³/mol. The van der Waals surface area contributed by atoms with E-state index in [4.69, 9.17) is 23.2 Å². The van der Waals surface area contributed by atoms with Gasteiger partial charge < -0.3 is 0 Å². The Hall–Kier alpha value is -0.980. The summed E-state index contributed by atoms with van der Waals surface area (Å²) in [6.45, 7) is 4.13. The lowest BCUT2D eigenvalue weighted by Gasteiger charge is -2.15. The molecule has 0 nitrogen and oxygen atoms in total. The molecule has 2 aromatic rings. The van der Waals surface area contributed by atoms with Crippen LogP contribution in [0.1, 0.15) is 27.6 Å². The minimum atomic E-state index is -0.0372. The molecule has 0 saturated carbocycles. The summed E-state index contributed by atoms with van der Waals surface area (Å²) in [5, 5.41) is 0.743. The number of rotatable bonds is 3. The molecule has 0 aliphatic heterocycles. The predicted octanol–water partition coefficient (Wildman–Crippen LogP) is 5.48. The lowest BCUT2D eigenvalue weighted by Crippen LogP contribution is -2.00. The summed E-state index contributed by atoms with van der Waals surface area (Å²) in [6.07, 6.45) is 0.829. The molecular weight excluding hydrogens is 263 g/mol. The van der Waals surface area contributed by atoms with Gasteiger partial charge in [-0.3, -0.25) is 0 Å². The molecule has 0 radical (unpaired) electrons. The van der Waals surface area contributed by atoms with E-state index in [9.17, 15) is 0 Å². The molecule has 1 unspecified atom stereocenters. The molecule has 0 heterocycles. The van der Waals surface area contributed by atoms with Gasteiger partial charge in [0.25, 0.3) is 0 Å². The lowest BCUT2D eigenvalue weighted by molar-refractivity contribution is 0.902. The second-order valence-corrected chi connectivity index (χ2v) is 5.49. The van der Waals surface area contributed by atoms with Crippen molar-refractivity contribution in [3.63, 3.8) is 0 Å². The van der Waals surface area contributed by atoms with Crippen LogP contribution in [0.3, 0.4) is 0 Å². The molecule has 0 spiro atoms. The molecule has 0 saturated heterocycles. The normalized spacial score (nSPS) is 12.4. The van der Waals surface area contributed by atoms with Gasteiger partial charge in [0.2, 0.25) is 0 Å². The van der Waals surface area contributed by atoms with Crippen molar-refractivity contribution in [3.05, 3.63) is 69.7 Å². The molecule has 0 N–H and O–H groups in total. The van der Waals surface area contributed by atoms with Gasteiger partial charge in [-0.15, -0.1) is 11.6 Å². The molecule has 0 bridgehead atoms. The molecule has 0 aliphatic rings. The molecule has 0 aromatic heterocycles. The van der Waals surface area contributed by atoms with Gasteiger partial charge in [-0.05, 0) is 48.6 Å². The minimum Gasteiger partial charge on any atom is -0.117 e. The maximum atomic E-state index is 6.53. The summed E-state index contributed by atoms with van der Waals surface area (Å²) >= 11 is 12.7. The van der Waals surface area contributed by atoms with Gasteiger partial charge in [0, 0.05) is 5.02 Å². The van der Waals surface area contributed by atoms with Crippen molar-refractivity contribution in [1.29, 1.82) is 0 Å². The Morgan fingerprint density at radius 1 is 1.00 bits per heavy atom. The van der Waals surface area contributed by atoms with E-state index >= 15 is 0 Å². The van der Waals surface area contributed by atoms with Crippen molar-refractivity contribution >= 4 is 23.2 Å². The van der Waals surface area contributed by atoms with Crippen molar-refractivity contribution in [2.24, 2.45) is 0 Å². The molecule has 2 heteroatoms. The Morgan fingerprint density at radius 3 is 2.44 bits per heavy atom. The summed E-state index contributed by atoms with van der Waals surface area (Å²) in [5.74, 6) is 0. The number of hydrogen-bond acceptors (Lipinski definition) is 0. The maximum Gasteiger partial charge on any atom is 0.0628 e. The van der Waals surface area contributed by atoms with Crippen LogP contribution >= 0.6 is 23.2 Å². The number of alkyl halides is 1. The quantitative estimate of drug-likeness (QED) is 0.653. The molecule has 94 valence electrons. The zero-order chi connectivity index (χ0) is 13.1. The Labute approximate surface area is 119 Å². The van der Waals surface area contributed by atoms with Gasteiger partial charge in [0.1, 0.15) is 0 Å². The van der Waals surface area contributed by atoms with E-state index in [1.807, 2.05) is 25.1 Å². The van der Waals surface area contributed by atoms with Gasteiger partial charge in [-0.1, -0.05) is 48.0 Å². The SMILES string of the molecule is Cc1ccccc1CC(Cl)c1cccc(Cl)c1C. The Morgan fingerprint density at radius 2 is 1.72 bits per heavy atom. The van der Waals surface area contributed by atoms with Crippen LogP contribution in [0.15, 0.2) is 42.5 Å². The summed E-state index contributed by atoms with van der Waals surface area (Å²) in [7, 11) is 0. The van der Waals surface area contributed by atoms with Crippen LogP contribution in [-0.2, 0) is 6.42 Å². The smallest absolute Gasteiger partial charge is 0.0628 e. The first-order valence-corrected chi connectivity index (χ1v) is 6.84. The second-order valence-electron chi connectivity index (χ2n) is 4.55. The fraction of sp³-hybridized carbons (Fsp3) is 0.250. The number of halogens is 2. The van der Waals surface area contributed by atoms with Gasteiger partial charge in [-0.25, -0.2) is 0 Å². The molecule has 2 aromatic carbocycles. The Bertz CT molecular complexity index is 547. The van der Waals surface area contributed by atoms with E-state index in [0.29, 0.717) is 0 Å². The summed E-state index contributed by atoms with van der Waals surface area (Å²) in [6, 6.07) is 14.3. The van der Waals surface area contributed by atoms with Gasteiger partial charge in [0.15, 0.2) is 0 Å². The summed E-state index contributed by atoms with van der Waals surface area (Å²) in [4.78, 5) is 0. The van der Waals surface area contributed by atoms with Crippen molar-refractivity contribution in [2.45, 2.75) is 25.6 Å². The van der Waals surface area contributed by atoms with E-state index in [1.165, 1.54) is 11.1 Å². The highest BCUT2D eigenvalue weighted by atomic mass is 35.5. The zero-order valence-corrected chi connectivity index (χ0v) is 12.1. The minimum absolute atomic E-state index is 0.0372. The monoisotopic (exact) mass is 278 g/mol. The molecule has 0 fully saturated rings. The highest BCUT2D eigenvalue weighted by Crippen LogP contribution is 2.31. The van der Waals surface area contributed by atoms with E-state index < -0.39 is 0 Å². The average Bonchev–Trinajstić information content (AvgIpc) is 2.35. The number of hydrogen-bond donors (Lipinski definition) is 0. The van der Waals surface area contributed by atoms with Crippen molar-refractivity contribution < 1.29 is 0 Å². The number of benzene rings is 2. The first-order valence-electron chi connectivity index (χ1n) is 6.03. The van der Waals surface area contributed by atoms with E-state index in [2.05, 4.69) is 31.2 Å². The Kier molecular flexibility index (Phi) is 4.31. The van der Waals surface area contributed by atoms with E-state index in [-0.39, 0.29) is 5.38 Å². The fourth-order valence-electron chi connectivity index (χ4n) is 2.11. The molecular formula is C16H16Cl2. The molecule has 0 amide bonds. The van der Waals surface area contributed by atoms with Crippen LogP contribution in [0.2, 0.25) is 5.02 Å². The van der Waals surface area contributed by atoms with Crippen LogP contribution in [0.25, 0.3) is 0 Å². The van der Waals surface area contributed by atoms with Crippen LogP contribution < -0.4 is 0 Å². The second kappa shape index (κ2) is 5.77. The molecule has 0 aliphatic carbocycles. The van der Waals surface area contributed by atoms with Crippen molar-refractivity contribution in [2.75, 3.05) is 0 Å². The molecule has 1 atom stereocenters. The largest absolute Gasteiger partial charge is 0.117 e. The standard InChI is InChI=1S/C16H16Cl2/c1-11-6-3-4-7-13(11)10-16(18)14-8-5-9-15(17)12(14)2/h3-9,16H,10H2,1-2H3. The third-order valence-corrected chi connectivity index (χ3v) is 4.11. The third-order valence-electron chi connectivity index (χ3n) is 3.31. The van der Waals surface area contributed by atoms with Gasteiger partial charge in [-0.2, -0.15) is 0 Å². The first-order chi connectivity index (χ1) is 8.59. The van der Waals surface area contributed by atoms with Gasteiger partial charge >= 0.3 is 0 Å². The number of aryl methyl sites for hydroxylation is 1. The topological polar surface area (TPSA) is 0 Å². The van der Waals surface area contributed by atoms with Crippen molar-refractivity contribution in [1.82, 2.24) is 0 Å². The van der Waals surface area contributed by atoms with Crippen LogP contribution in [0.5, 0.6) is 0 Å².